The number of aromatic nitrogens is 3. The number of hydrogen-bond donors (Lipinski definition) is 0. The Morgan fingerprint density at radius 2 is 1.38 bits per heavy atom. The van der Waals surface area contributed by atoms with Gasteiger partial charge in [0.15, 0.2) is 5.16 Å². The molecule has 24 heavy (non-hydrogen) atoms. The smallest absolute Gasteiger partial charge is 0.302 e. The fourth-order valence-corrected chi connectivity index (χ4v) is 3.48. The fourth-order valence-electron chi connectivity index (χ4n) is 2.35. The summed E-state index contributed by atoms with van der Waals surface area (Å²) < 4.78 is 39.7. The zero-order valence-electron chi connectivity index (χ0n) is 12.7. The summed E-state index contributed by atoms with van der Waals surface area (Å²) in [4.78, 5) is 0. The minimum absolute atomic E-state index is 0.170. The highest BCUT2D eigenvalue weighted by Gasteiger charge is 2.38. The molecule has 0 aliphatic heterocycles. The van der Waals surface area contributed by atoms with Crippen LogP contribution < -0.4 is 0 Å². The Bertz CT molecular complexity index is 761. The molecule has 0 fully saturated rings. The Labute approximate surface area is 141 Å². The number of thioether (sulfide) groups is 1. The van der Waals surface area contributed by atoms with Crippen molar-refractivity contribution < 1.29 is 13.2 Å². The van der Waals surface area contributed by atoms with Gasteiger partial charge in [-0.15, -0.1) is 10.2 Å². The molecular weight excluding hydrogens is 335 g/mol. The van der Waals surface area contributed by atoms with Crippen LogP contribution in [0.25, 0.3) is 0 Å². The second-order valence-electron chi connectivity index (χ2n) is 5.18. The van der Waals surface area contributed by atoms with E-state index < -0.39 is 12.0 Å². The van der Waals surface area contributed by atoms with Crippen molar-refractivity contribution in [2.24, 2.45) is 7.05 Å². The average molecular weight is 349 g/mol. The van der Waals surface area contributed by atoms with Gasteiger partial charge < -0.3 is 4.57 Å². The molecule has 3 nitrogen and oxygen atoms in total. The van der Waals surface area contributed by atoms with Crippen LogP contribution in [0.1, 0.15) is 22.2 Å². The van der Waals surface area contributed by atoms with Crippen molar-refractivity contribution >= 4 is 11.8 Å². The van der Waals surface area contributed by atoms with Crippen molar-refractivity contribution in [3.8, 4) is 0 Å². The first-order valence-electron chi connectivity index (χ1n) is 7.20. The van der Waals surface area contributed by atoms with Crippen LogP contribution in [-0.4, -0.2) is 14.8 Å². The van der Waals surface area contributed by atoms with Crippen molar-refractivity contribution in [2.75, 3.05) is 0 Å². The van der Waals surface area contributed by atoms with Gasteiger partial charge in [0.1, 0.15) is 0 Å². The second-order valence-corrected chi connectivity index (χ2v) is 6.25. The molecular formula is C17H14F3N3S. The number of alkyl halides is 3. The lowest BCUT2D eigenvalue weighted by molar-refractivity contribution is -0.147. The molecule has 7 heteroatoms. The highest BCUT2D eigenvalue weighted by molar-refractivity contribution is 7.99. The van der Waals surface area contributed by atoms with Gasteiger partial charge in [-0.3, -0.25) is 0 Å². The van der Waals surface area contributed by atoms with Crippen molar-refractivity contribution in [2.45, 2.75) is 16.6 Å². The normalized spacial score (nSPS) is 11.9. The molecule has 0 saturated carbocycles. The van der Waals surface area contributed by atoms with Crippen LogP contribution in [0.5, 0.6) is 0 Å². The van der Waals surface area contributed by atoms with E-state index in [0.29, 0.717) is 0 Å². The molecule has 0 bridgehead atoms. The molecule has 0 N–H and O–H groups in total. The van der Waals surface area contributed by atoms with E-state index in [0.717, 1.165) is 15.7 Å². The summed E-state index contributed by atoms with van der Waals surface area (Å²) in [5.74, 6) is -0.995. The Hall–Kier alpha value is -2.28. The molecule has 0 amide bonds. The summed E-state index contributed by atoms with van der Waals surface area (Å²) in [5.41, 5.74) is 1.98. The Balaban J connectivity index is 1.98. The van der Waals surface area contributed by atoms with Crippen molar-refractivity contribution in [1.82, 2.24) is 14.8 Å². The molecule has 1 aromatic heterocycles. The predicted molar refractivity (Wildman–Crippen MR) is 86.6 cm³/mol. The first-order valence-corrected chi connectivity index (χ1v) is 8.08. The number of halogens is 3. The zero-order valence-corrected chi connectivity index (χ0v) is 13.6. The van der Waals surface area contributed by atoms with E-state index in [2.05, 4.69) is 10.2 Å². The molecule has 3 rings (SSSR count). The third kappa shape index (κ3) is 3.46. The van der Waals surface area contributed by atoms with Crippen LogP contribution in [0.2, 0.25) is 0 Å². The molecule has 0 atom stereocenters. The van der Waals surface area contributed by atoms with Gasteiger partial charge in [-0.05, 0) is 11.1 Å². The van der Waals surface area contributed by atoms with Crippen LogP contribution in [0.4, 0.5) is 13.2 Å². The van der Waals surface area contributed by atoms with Crippen LogP contribution in [0.3, 0.4) is 0 Å². The van der Waals surface area contributed by atoms with Gasteiger partial charge in [0.2, 0.25) is 5.82 Å². The fraction of sp³-hybridized carbons (Fsp3) is 0.176. The topological polar surface area (TPSA) is 30.7 Å². The van der Waals surface area contributed by atoms with Gasteiger partial charge in [0.05, 0.1) is 5.25 Å². The maximum atomic E-state index is 12.9. The highest BCUT2D eigenvalue weighted by atomic mass is 32.2. The second kappa shape index (κ2) is 6.68. The zero-order chi connectivity index (χ0) is 17.2. The van der Waals surface area contributed by atoms with E-state index >= 15 is 0 Å². The lowest BCUT2D eigenvalue weighted by Gasteiger charge is -2.17. The molecule has 0 spiro atoms. The Morgan fingerprint density at radius 1 is 0.875 bits per heavy atom. The maximum Gasteiger partial charge on any atom is 0.451 e. The number of rotatable bonds is 4. The maximum absolute atomic E-state index is 12.9. The summed E-state index contributed by atoms with van der Waals surface area (Å²) in [6.45, 7) is 0. The minimum Gasteiger partial charge on any atom is -0.302 e. The largest absolute Gasteiger partial charge is 0.451 e. The van der Waals surface area contributed by atoms with E-state index in [1.807, 2.05) is 60.7 Å². The third-order valence-electron chi connectivity index (χ3n) is 3.52. The molecule has 0 unspecified atom stereocenters. The lowest BCUT2D eigenvalue weighted by Crippen LogP contribution is -2.13. The first-order chi connectivity index (χ1) is 11.5. The average Bonchev–Trinajstić information content (AvgIpc) is 2.95. The number of hydrogen-bond acceptors (Lipinski definition) is 3. The van der Waals surface area contributed by atoms with Gasteiger partial charge in [-0.25, -0.2) is 0 Å². The summed E-state index contributed by atoms with van der Waals surface area (Å²) in [7, 11) is 1.33. The Kier molecular flexibility index (Phi) is 4.62. The standard InChI is InChI=1S/C17H14F3N3S/c1-23-15(17(18,19)20)21-22-16(23)24-14(12-8-4-2-5-9-12)13-10-6-3-7-11-13/h2-11,14H,1H3. The molecule has 1 heterocycles. The SMILES string of the molecule is Cn1c(SC(c2ccccc2)c2ccccc2)nnc1C(F)(F)F. The van der Waals surface area contributed by atoms with E-state index in [-0.39, 0.29) is 10.4 Å². The molecule has 0 radical (unpaired) electrons. The van der Waals surface area contributed by atoms with Gasteiger partial charge in [0, 0.05) is 7.05 Å². The molecule has 0 saturated heterocycles. The van der Waals surface area contributed by atoms with Crippen LogP contribution >= 0.6 is 11.8 Å². The van der Waals surface area contributed by atoms with Crippen molar-refractivity contribution in [3.63, 3.8) is 0 Å². The highest BCUT2D eigenvalue weighted by Crippen LogP contribution is 2.40. The van der Waals surface area contributed by atoms with Crippen LogP contribution in [-0.2, 0) is 13.2 Å². The molecule has 0 aliphatic carbocycles. The van der Waals surface area contributed by atoms with Crippen LogP contribution in [0, 0.1) is 0 Å². The van der Waals surface area contributed by atoms with Crippen molar-refractivity contribution in [1.29, 1.82) is 0 Å². The van der Waals surface area contributed by atoms with Crippen LogP contribution in [0.15, 0.2) is 65.8 Å². The van der Waals surface area contributed by atoms with Gasteiger partial charge >= 0.3 is 6.18 Å². The molecule has 2 aromatic carbocycles. The van der Waals surface area contributed by atoms with Gasteiger partial charge in [0.25, 0.3) is 0 Å². The first kappa shape index (κ1) is 16.6. The quantitative estimate of drug-likeness (QED) is 0.639. The minimum atomic E-state index is -4.52. The summed E-state index contributed by atoms with van der Waals surface area (Å²) >= 11 is 1.25. The van der Waals surface area contributed by atoms with Crippen molar-refractivity contribution in [3.05, 3.63) is 77.6 Å². The van der Waals surface area contributed by atoms with Gasteiger partial charge in [-0.2, -0.15) is 13.2 Å². The summed E-state index contributed by atoms with van der Waals surface area (Å²) in [6, 6.07) is 19.2. The van der Waals surface area contributed by atoms with Gasteiger partial charge in [-0.1, -0.05) is 72.4 Å². The number of benzene rings is 2. The monoisotopic (exact) mass is 349 g/mol. The predicted octanol–water partition coefficient (Wildman–Crippen LogP) is 4.72. The summed E-state index contributed by atoms with van der Waals surface area (Å²) in [5, 5.41) is 7.08. The number of nitrogens with zero attached hydrogens (tertiary/aromatic N) is 3. The van der Waals surface area contributed by atoms with E-state index in [1.165, 1.54) is 18.8 Å². The lowest BCUT2D eigenvalue weighted by atomic mass is 10.0. The molecule has 3 aromatic rings. The Morgan fingerprint density at radius 3 is 1.79 bits per heavy atom. The third-order valence-corrected chi connectivity index (χ3v) is 4.86. The van der Waals surface area contributed by atoms with E-state index in [1.54, 1.807) is 0 Å². The van der Waals surface area contributed by atoms with E-state index in [4.69, 9.17) is 0 Å². The molecule has 0 aliphatic rings. The molecule has 124 valence electrons. The van der Waals surface area contributed by atoms with E-state index in [9.17, 15) is 13.2 Å². The summed E-state index contributed by atoms with van der Waals surface area (Å²) in [6.07, 6.45) is -4.52.